The molecule has 15 nitrogen and oxygen atoms in total. The molecule has 67 heavy (non-hydrogen) atoms. The van der Waals surface area contributed by atoms with Gasteiger partial charge in [-0.25, -0.2) is 0 Å². The molecule has 2 heterocycles. The lowest BCUT2D eigenvalue weighted by atomic mass is 9.98. The van der Waals surface area contributed by atoms with Gasteiger partial charge < -0.3 is 64.2 Å². The molecule has 0 aliphatic carbocycles. The van der Waals surface area contributed by atoms with Gasteiger partial charge in [0.15, 0.2) is 18.7 Å². The third kappa shape index (κ3) is 28.0. The first-order valence-electron chi connectivity index (χ1n) is 26.8. The van der Waals surface area contributed by atoms with Gasteiger partial charge in [0.05, 0.1) is 19.8 Å². The van der Waals surface area contributed by atoms with E-state index in [1.807, 2.05) is 0 Å². The van der Waals surface area contributed by atoms with Crippen LogP contribution in [-0.2, 0) is 38.0 Å². The molecule has 0 aromatic heterocycles. The minimum atomic E-state index is -1.76. The Bertz CT molecular complexity index is 1220. The fraction of sp³-hybridized carbons (Fsp3) is 0.923. The van der Waals surface area contributed by atoms with Crippen LogP contribution in [0.2, 0.25) is 0 Å². The number of aliphatic hydroxyl groups excluding tert-OH is 7. The zero-order valence-corrected chi connectivity index (χ0v) is 41.7. The lowest BCUT2D eigenvalue weighted by Gasteiger charge is -2.42. The van der Waals surface area contributed by atoms with Gasteiger partial charge in [-0.05, 0) is 38.5 Å². The fourth-order valence-electron chi connectivity index (χ4n) is 8.57. The highest BCUT2D eigenvalue weighted by Crippen LogP contribution is 2.27. The summed E-state index contributed by atoms with van der Waals surface area (Å²) in [5, 5.41) is 72.1. The minimum absolute atomic E-state index is 0.167. The molecule has 4 unspecified atom stereocenters. The summed E-state index contributed by atoms with van der Waals surface area (Å²) in [6.45, 7) is 2.60. The zero-order chi connectivity index (χ0) is 48.9. The molecular formula is C52H96O15. The molecule has 2 aliphatic rings. The van der Waals surface area contributed by atoms with Gasteiger partial charge in [-0.3, -0.25) is 9.59 Å². The van der Waals surface area contributed by atoms with Crippen LogP contribution in [0.3, 0.4) is 0 Å². The first kappa shape index (κ1) is 61.4. The highest BCUT2D eigenvalue weighted by atomic mass is 16.7. The van der Waals surface area contributed by atoms with Gasteiger partial charge in [0.25, 0.3) is 0 Å². The topological polar surface area (TPSA) is 231 Å². The number of hydrogen-bond donors (Lipinski definition) is 7. The summed E-state index contributed by atoms with van der Waals surface area (Å²) in [7, 11) is 0. The standard InChI is InChI=1S/C52H96O15/c1-3-5-7-9-11-13-15-17-19-21-23-25-27-29-31-33-35-44(55)65-40(37-62-43(54)34-32-30-28-26-24-22-20-18-16-14-12-10-8-6-4-2)38-63-51-50(61)48(59)46(57)42(67-51)39-64-52-49(60)47(58)45(56)41(36-53)66-52/h24,26,40-42,45-53,56-61H,3-23,25,27-39H2,1-2H3/b26-24+/t40-,41-,42-,45+,46+,47?,48?,49?,50?,51-,52-/m1/s1. The highest BCUT2D eigenvalue weighted by Gasteiger charge is 2.47. The van der Waals surface area contributed by atoms with Crippen molar-refractivity contribution in [1.82, 2.24) is 0 Å². The number of allylic oxidation sites excluding steroid dienone is 2. The lowest BCUT2D eigenvalue weighted by molar-refractivity contribution is -0.332. The summed E-state index contributed by atoms with van der Waals surface area (Å²) in [6.07, 6.45) is 22.4. The molecule has 2 saturated heterocycles. The number of ether oxygens (including phenoxy) is 6. The molecule has 0 aromatic rings. The van der Waals surface area contributed by atoms with Crippen LogP contribution in [-0.4, -0.2) is 142 Å². The van der Waals surface area contributed by atoms with Gasteiger partial charge in [0.2, 0.25) is 0 Å². The van der Waals surface area contributed by atoms with Gasteiger partial charge in [-0.1, -0.05) is 174 Å². The molecule has 2 rings (SSSR count). The van der Waals surface area contributed by atoms with Crippen LogP contribution in [0, 0.1) is 0 Å². The van der Waals surface area contributed by atoms with Gasteiger partial charge in [-0.2, -0.15) is 0 Å². The van der Waals surface area contributed by atoms with E-state index in [9.17, 15) is 45.3 Å². The SMILES string of the molecule is CCCCCCCCCCC/C=C/CCCCC(=O)OC[C@H](CO[C@@H]1O[C@H](CO[C@@H]2O[C@H](CO)[C@H](O)C(O)C2O)[C@H](O)C(O)C1O)OC(=O)CCCCCCCCCCCCCCCCCC. The van der Waals surface area contributed by atoms with E-state index in [1.165, 1.54) is 135 Å². The molecule has 0 saturated carbocycles. The van der Waals surface area contributed by atoms with Crippen molar-refractivity contribution in [3.05, 3.63) is 12.2 Å². The Labute approximate surface area is 403 Å². The highest BCUT2D eigenvalue weighted by molar-refractivity contribution is 5.70. The fourth-order valence-corrected chi connectivity index (χ4v) is 8.57. The number of aliphatic hydroxyl groups is 7. The van der Waals surface area contributed by atoms with Gasteiger partial charge in [0, 0.05) is 12.8 Å². The van der Waals surface area contributed by atoms with Gasteiger partial charge in [-0.15, -0.1) is 0 Å². The summed E-state index contributed by atoms with van der Waals surface area (Å²) in [6, 6.07) is 0. The van der Waals surface area contributed by atoms with Crippen LogP contribution in [0.1, 0.15) is 213 Å². The molecule has 0 amide bonds. The molecule has 11 atom stereocenters. The Morgan fingerprint density at radius 3 is 1.34 bits per heavy atom. The van der Waals surface area contributed by atoms with E-state index < -0.39 is 92.7 Å². The lowest BCUT2D eigenvalue weighted by Crippen LogP contribution is -2.61. The van der Waals surface area contributed by atoms with E-state index in [-0.39, 0.29) is 26.1 Å². The largest absolute Gasteiger partial charge is 0.462 e. The molecule has 0 bridgehead atoms. The molecule has 394 valence electrons. The van der Waals surface area contributed by atoms with Crippen LogP contribution in [0.4, 0.5) is 0 Å². The Balaban J connectivity index is 1.80. The van der Waals surface area contributed by atoms with E-state index in [2.05, 4.69) is 26.0 Å². The smallest absolute Gasteiger partial charge is 0.306 e. The van der Waals surface area contributed by atoms with Crippen molar-refractivity contribution in [2.24, 2.45) is 0 Å². The summed E-state index contributed by atoms with van der Waals surface area (Å²) in [5.41, 5.74) is 0. The minimum Gasteiger partial charge on any atom is -0.462 e. The molecule has 2 aliphatic heterocycles. The third-order valence-electron chi connectivity index (χ3n) is 13.0. The van der Waals surface area contributed by atoms with Crippen LogP contribution >= 0.6 is 0 Å². The van der Waals surface area contributed by atoms with Crippen LogP contribution < -0.4 is 0 Å². The first-order valence-corrected chi connectivity index (χ1v) is 26.8. The molecule has 0 spiro atoms. The average Bonchev–Trinajstić information content (AvgIpc) is 3.32. The van der Waals surface area contributed by atoms with Crippen molar-refractivity contribution in [3.63, 3.8) is 0 Å². The third-order valence-corrected chi connectivity index (χ3v) is 13.0. The second kappa shape index (κ2) is 39.9. The number of esters is 2. The van der Waals surface area contributed by atoms with Crippen molar-refractivity contribution in [1.29, 1.82) is 0 Å². The second-order valence-electron chi connectivity index (χ2n) is 19.1. The summed E-state index contributed by atoms with van der Waals surface area (Å²) >= 11 is 0. The average molecular weight is 961 g/mol. The maximum atomic E-state index is 13.0. The summed E-state index contributed by atoms with van der Waals surface area (Å²) in [4.78, 5) is 25.8. The maximum absolute atomic E-state index is 13.0. The van der Waals surface area contributed by atoms with Crippen LogP contribution in [0.15, 0.2) is 12.2 Å². The predicted octanol–water partition coefficient (Wildman–Crippen LogP) is 7.77. The van der Waals surface area contributed by atoms with Crippen LogP contribution in [0.25, 0.3) is 0 Å². The Hall–Kier alpha value is -1.76. The normalized spacial score (nSPS) is 26.0. The molecule has 15 heteroatoms. The number of carbonyl (C=O) groups excluding carboxylic acids is 2. The predicted molar refractivity (Wildman–Crippen MR) is 257 cm³/mol. The van der Waals surface area contributed by atoms with Crippen molar-refractivity contribution in [3.8, 4) is 0 Å². The van der Waals surface area contributed by atoms with Crippen molar-refractivity contribution in [2.75, 3.05) is 26.4 Å². The number of rotatable bonds is 42. The van der Waals surface area contributed by atoms with E-state index in [0.29, 0.717) is 12.8 Å². The van der Waals surface area contributed by atoms with Crippen LogP contribution in [0.5, 0.6) is 0 Å². The Kier molecular flexibility index (Phi) is 36.5. The maximum Gasteiger partial charge on any atom is 0.306 e. The monoisotopic (exact) mass is 961 g/mol. The summed E-state index contributed by atoms with van der Waals surface area (Å²) in [5.74, 6) is -0.939. The van der Waals surface area contributed by atoms with Crippen molar-refractivity contribution in [2.45, 2.75) is 280 Å². The zero-order valence-electron chi connectivity index (χ0n) is 41.7. The van der Waals surface area contributed by atoms with E-state index in [0.717, 1.165) is 38.5 Å². The molecular weight excluding hydrogens is 865 g/mol. The molecule has 0 radical (unpaired) electrons. The second-order valence-corrected chi connectivity index (χ2v) is 19.1. The quantitative estimate of drug-likeness (QED) is 0.0176. The van der Waals surface area contributed by atoms with Crippen molar-refractivity contribution < 1.29 is 73.8 Å². The van der Waals surface area contributed by atoms with E-state index in [1.54, 1.807) is 0 Å². The van der Waals surface area contributed by atoms with Gasteiger partial charge >= 0.3 is 11.9 Å². The van der Waals surface area contributed by atoms with Crippen molar-refractivity contribution >= 4 is 11.9 Å². The van der Waals surface area contributed by atoms with E-state index >= 15 is 0 Å². The number of unbranched alkanes of at least 4 members (excludes halogenated alkanes) is 26. The molecule has 0 aromatic carbocycles. The Morgan fingerprint density at radius 1 is 0.463 bits per heavy atom. The van der Waals surface area contributed by atoms with E-state index in [4.69, 9.17) is 28.4 Å². The Morgan fingerprint density at radius 2 is 0.851 bits per heavy atom. The molecule has 2 fully saturated rings. The first-order chi connectivity index (χ1) is 32.5. The molecule has 7 N–H and O–H groups in total. The van der Waals surface area contributed by atoms with Gasteiger partial charge in [0.1, 0.15) is 55.4 Å². The number of carbonyl (C=O) groups is 2. The number of hydrogen-bond acceptors (Lipinski definition) is 15. The summed E-state index contributed by atoms with van der Waals surface area (Å²) < 4.78 is 33.6.